The van der Waals surface area contributed by atoms with Crippen molar-refractivity contribution < 1.29 is 23.9 Å². The summed E-state index contributed by atoms with van der Waals surface area (Å²) in [5, 5.41) is 0. The largest absolute Gasteiger partial charge is 0.427 e. The first-order valence-corrected chi connectivity index (χ1v) is 10.8. The van der Waals surface area contributed by atoms with Crippen molar-refractivity contribution in [3.8, 4) is 5.75 Å². The molecule has 3 amide bonds. The second kappa shape index (κ2) is 9.66. The lowest BCUT2D eigenvalue weighted by Crippen LogP contribution is -2.45. The zero-order chi connectivity index (χ0) is 24.2. The average molecular weight is 457 g/mol. The van der Waals surface area contributed by atoms with Gasteiger partial charge in [0.05, 0.1) is 12.1 Å². The second-order valence-corrected chi connectivity index (χ2v) is 8.04. The van der Waals surface area contributed by atoms with E-state index in [-0.39, 0.29) is 18.9 Å². The summed E-state index contributed by atoms with van der Waals surface area (Å²) < 4.78 is 5.02. The van der Waals surface area contributed by atoms with Gasteiger partial charge in [0.1, 0.15) is 11.8 Å². The van der Waals surface area contributed by atoms with E-state index in [0.29, 0.717) is 17.0 Å². The van der Waals surface area contributed by atoms with E-state index in [2.05, 4.69) is 4.98 Å². The molecule has 1 fully saturated rings. The number of rotatable bonds is 6. The Kier molecular flexibility index (Phi) is 6.49. The molecule has 8 heteroatoms. The van der Waals surface area contributed by atoms with E-state index >= 15 is 0 Å². The first-order valence-electron chi connectivity index (χ1n) is 10.8. The van der Waals surface area contributed by atoms with Crippen LogP contribution in [0.15, 0.2) is 73.1 Å². The summed E-state index contributed by atoms with van der Waals surface area (Å²) >= 11 is 0. The molecule has 0 aliphatic carbocycles. The van der Waals surface area contributed by atoms with Crippen LogP contribution in [-0.2, 0) is 20.9 Å². The summed E-state index contributed by atoms with van der Waals surface area (Å²) in [7, 11) is 0. The Bertz CT molecular complexity index is 1240. The van der Waals surface area contributed by atoms with Crippen molar-refractivity contribution in [2.24, 2.45) is 0 Å². The molecule has 0 N–H and O–H groups in total. The number of esters is 1. The standard InChI is InChI=1S/C26H23N3O5/c1-17-5-3-7-20(13-17)25(32)28(16-19-6-4-12-27-15-19)23-14-24(31)29(26(23)33)21-8-10-22(11-9-21)34-18(2)30/h3-13,15,23H,14,16H2,1-2H3. The van der Waals surface area contributed by atoms with Gasteiger partial charge in [-0.25, -0.2) is 4.90 Å². The Balaban J connectivity index is 1.64. The van der Waals surface area contributed by atoms with Crippen molar-refractivity contribution in [2.45, 2.75) is 32.9 Å². The van der Waals surface area contributed by atoms with Crippen LogP contribution in [0.3, 0.4) is 0 Å². The Morgan fingerprint density at radius 1 is 1.09 bits per heavy atom. The highest BCUT2D eigenvalue weighted by Crippen LogP contribution is 2.29. The minimum atomic E-state index is -0.964. The summed E-state index contributed by atoms with van der Waals surface area (Å²) in [6.07, 6.45) is 3.12. The van der Waals surface area contributed by atoms with E-state index in [1.54, 1.807) is 36.7 Å². The zero-order valence-electron chi connectivity index (χ0n) is 18.8. The third kappa shape index (κ3) is 4.85. The van der Waals surface area contributed by atoms with Crippen molar-refractivity contribution in [2.75, 3.05) is 4.90 Å². The number of hydrogen-bond donors (Lipinski definition) is 0. The van der Waals surface area contributed by atoms with E-state index < -0.39 is 23.8 Å². The quantitative estimate of drug-likeness (QED) is 0.320. The lowest BCUT2D eigenvalue weighted by atomic mass is 10.1. The number of anilines is 1. The maximum Gasteiger partial charge on any atom is 0.308 e. The predicted molar refractivity (Wildman–Crippen MR) is 124 cm³/mol. The molecule has 3 aromatic rings. The van der Waals surface area contributed by atoms with Crippen LogP contribution >= 0.6 is 0 Å². The van der Waals surface area contributed by atoms with E-state index in [0.717, 1.165) is 16.0 Å². The highest BCUT2D eigenvalue weighted by molar-refractivity contribution is 6.23. The van der Waals surface area contributed by atoms with E-state index in [1.165, 1.54) is 36.1 Å². The van der Waals surface area contributed by atoms with Crippen molar-refractivity contribution in [1.29, 1.82) is 0 Å². The van der Waals surface area contributed by atoms with Gasteiger partial charge in [0.15, 0.2) is 0 Å². The van der Waals surface area contributed by atoms with Gasteiger partial charge < -0.3 is 9.64 Å². The first kappa shape index (κ1) is 22.8. The molecule has 2 aromatic carbocycles. The number of nitrogens with zero attached hydrogens (tertiary/aromatic N) is 3. The lowest BCUT2D eigenvalue weighted by molar-refractivity contribution is -0.132. The Hall–Kier alpha value is -4.33. The van der Waals surface area contributed by atoms with Gasteiger partial charge >= 0.3 is 5.97 Å². The number of carbonyl (C=O) groups excluding carboxylic acids is 4. The van der Waals surface area contributed by atoms with Gasteiger partial charge in [0.2, 0.25) is 5.91 Å². The topological polar surface area (TPSA) is 96.9 Å². The SMILES string of the molecule is CC(=O)Oc1ccc(N2C(=O)CC(N(Cc3cccnc3)C(=O)c3cccc(C)c3)C2=O)cc1. The fraction of sp³-hybridized carbons (Fsp3) is 0.192. The third-order valence-electron chi connectivity index (χ3n) is 5.46. The molecule has 4 rings (SSSR count). The van der Waals surface area contributed by atoms with Crippen LogP contribution in [0.2, 0.25) is 0 Å². The molecule has 0 bridgehead atoms. The molecule has 8 nitrogen and oxygen atoms in total. The summed E-state index contributed by atoms with van der Waals surface area (Å²) in [6, 6.07) is 15.8. The number of imide groups is 1. The molecule has 172 valence electrons. The van der Waals surface area contributed by atoms with Gasteiger partial charge in [0, 0.05) is 31.4 Å². The number of carbonyl (C=O) groups is 4. The van der Waals surface area contributed by atoms with E-state index in [9.17, 15) is 19.2 Å². The number of ether oxygens (including phenoxy) is 1. The highest BCUT2D eigenvalue weighted by atomic mass is 16.5. The number of amides is 3. The van der Waals surface area contributed by atoms with Crippen molar-refractivity contribution in [1.82, 2.24) is 9.88 Å². The summed E-state index contributed by atoms with van der Waals surface area (Å²) in [6.45, 7) is 3.30. The van der Waals surface area contributed by atoms with Crippen molar-refractivity contribution >= 4 is 29.4 Å². The molecule has 1 aromatic heterocycles. The Labute approximate surface area is 196 Å². The van der Waals surface area contributed by atoms with E-state index in [1.807, 2.05) is 19.1 Å². The fourth-order valence-electron chi connectivity index (χ4n) is 3.92. The van der Waals surface area contributed by atoms with Gasteiger partial charge in [-0.3, -0.25) is 24.2 Å². The van der Waals surface area contributed by atoms with Crippen LogP contribution in [0.25, 0.3) is 0 Å². The van der Waals surface area contributed by atoms with E-state index in [4.69, 9.17) is 4.74 Å². The monoisotopic (exact) mass is 457 g/mol. The molecule has 34 heavy (non-hydrogen) atoms. The van der Waals surface area contributed by atoms with Gasteiger partial charge in [-0.2, -0.15) is 0 Å². The molecule has 1 aliphatic rings. The molecular formula is C26H23N3O5. The van der Waals surface area contributed by atoms with Crippen LogP contribution in [0, 0.1) is 6.92 Å². The van der Waals surface area contributed by atoms with Crippen molar-refractivity contribution in [3.05, 3.63) is 89.7 Å². The molecule has 1 unspecified atom stereocenters. The zero-order valence-corrected chi connectivity index (χ0v) is 18.8. The van der Waals surface area contributed by atoms with Crippen LogP contribution in [-0.4, -0.2) is 39.6 Å². The van der Waals surface area contributed by atoms with Crippen LogP contribution in [0.5, 0.6) is 5.75 Å². The number of aromatic nitrogens is 1. The van der Waals surface area contributed by atoms with Gasteiger partial charge in [0.25, 0.3) is 11.8 Å². The molecule has 0 radical (unpaired) electrons. The molecule has 0 saturated carbocycles. The fourth-order valence-corrected chi connectivity index (χ4v) is 3.92. The predicted octanol–water partition coefficient (Wildman–Crippen LogP) is 3.29. The Morgan fingerprint density at radius 3 is 2.50 bits per heavy atom. The number of benzene rings is 2. The smallest absolute Gasteiger partial charge is 0.308 e. The van der Waals surface area contributed by atoms with Crippen molar-refractivity contribution in [3.63, 3.8) is 0 Å². The minimum absolute atomic E-state index is 0.129. The molecule has 2 heterocycles. The van der Waals surface area contributed by atoms with Gasteiger partial charge in [-0.1, -0.05) is 23.8 Å². The van der Waals surface area contributed by atoms with Gasteiger partial charge in [-0.05, 0) is 55.0 Å². The number of hydrogen-bond acceptors (Lipinski definition) is 6. The highest BCUT2D eigenvalue weighted by Gasteiger charge is 2.44. The summed E-state index contributed by atoms with van der Waals surface area (Å²) in [4.78, 5) is 57.6. The first-order chi connectivity index (χ1) is 16.3. The molecular weight excluding hydrogens is 434 g/mol. The maximum atomic E-state index is 13.5. The molecule has 1 aliphatic heterocycles. The maximum absolute atomic E-state index is 13.5. The number of pyridine rings is 1. The lowest BCUT2D eigenvalue weighted by Gasteiger charge is -2.28. The molecule has 0 spiro atoms. The van der Waals surface area contributed by atoms with Gasteiger partial charge in [-0.15, -0.1) is 0 Å². The normalized spacial score (nSPS) is 15.4. The summed E-state index contributed by atoms with van der Waals surface area (Å²) in [5.41, 5.74) is 2.44. The van der Waals surface area contributed by atoms with Crippen LogP contribution in [0.1, 0.15) is 34.8 Å². The number of aryl methyl sites for hydroxylation is 1. The second-order valence-electron chi connectivity index (χ2n) is 8.04. The molecule has 1 saturated heterocycles. The average Bonchev–Trinajstić information content (AvgIpc) is 3.11. The molecule has 1 atom stereocenters. The Morgan fingerprint density at radius 2 is 1.85 bits per heavy atom. The minimum Gasteiger partial charge on any atom is -0.427 e. The van der Waals surface area contributed by atoms with Crippen LogP contribution < -0.4 is 9.64 Å². The van der Waals surface area contributed by atoms with Crippen LogP contribution in [0.4, 0.5) is 5.69 Å². The summed E-state index contributed by atoms with van der Waals surface area (Å²) in [5.74, 6) is -1.41. The third-order valence-corrected chi connectivity index (χ3v) is 5.46.